The van der Waals surface area contributed by atoms with Crippen molar-refractivity contribution in [1.29, 1.82) is 0 Å². The first-order valence-corrected chi connectivity index (χ1v) is 8.48. The van der Waals surface area contributed by atoms with Crippen LogP contribution in [0.2, 0.25) is 0 Å². The van der Waals surface area contributed by atoms with Gasteiger partial charge in [0.25, 0.3) is 0 Å². The predicted molar refractivity (Wildman–Crippen MR) is 78.3 cm³/mol. The van der Waals surface area contributed by atoms with E-state index in [1.807, 2.05) is 0 Å². The van der Waals surface area contributed by atoms with Crippen LogP contribution in [0.15, 0.2) is 0 Å². The van der Waals surface area contributed by atoms with Gasteiger partial charge in [0.05, 0.1) is 0 Å². The second kappa shape index (κ2) is 4.71. The van der Waals surface area contributed by atoms with Crippen molar-refractivity contribution in [1.82, 2.24) is 15.1 Å². The van der Waals surface area contributed by atoms with Crippen molar-refractivity contribution >= 4 is 0 Å². The fourth-order valence-electron chi connectivity index (χ4n) is 4.36. The van der Waals surface area contributed by atoms with Crippen molar-refractivity contribution in [3.8, 4) is 0 Å². The first-order chi connectivity index (χ1) is 9.24. The van der Waals surface area contributed by atoms with Crippen LogP contribution in [0.4, 0.5) is 0 Å². The smallest absolute Gasteiger partial charge is 0.0308 e. The Morgan fingerprint density at radius 1 is 0.947 bits per heavy atom. The molecule has 0 bridgehead atoms. The molecular weight excluding hydrogens is 234 g/mol. The maximum atomic E-state index is 3.86. The van der Waals surface area contributed by atoms with Crippen molar-refractivity contribution < 1.29 is 0 Å². The van der Waals surface area contributed by atoms with Gasteiger partial charge in [-0.15, -0.1) is 0 Å². The Balaban J connectivity index is 1.41. The molecule has 2 aliphatic heterocycles. The standard InChI is InChI=1S/C16H29N3/c1-16(13-3-4-13)12-19(9-2-8-17-16)15-7-10-18(11-15)14-5-6-14/h13-15,17H,2-12H2,1H3. The number of rotatable bonds is 3. The highest BCUT2D eigenvalue weighted by Crippen LogP contribution is 2.41. The molecular formula is C16H29N3. The molecule has 0 aromatic heterocycles. The monoisotopic (exact) mass is 263 g/mol. The molecule has 2 heterocycles. The van der Waals surface area contributed by atoms with E-state index in [0.29, 0.717) is 5.54 Å². The van der Waals surface area contributed by atoms with Crippen LogP contribution in [-0.2, 0) is 0 Å². The molecule has 2 atom stereocenters. The van der Waals surface area contributed by atoms with E-state index < -0.39 is 0 Å². The normalized spacial score (nSPS) is 42.5. The van der Waals surface area contributed by atoms with Crippen molar-refractivity contribution in [2.24, 2.45) is 5.92 Å². The van der Waals surface area contributed by atoms with E-state index in [2.05, 4.69) is 22.0 Å². The highest BCUT2D eigenvalue weighted by Gasteiger charge is 2.45. The summed E-state index contributed by atoms with van der Waals surface area (Å²) in [5, 5.41) is 3.86. The summed E-state index contributed by atoms with van der Waals surface area (Å²) < 4.78 is 0. The van der Waals surface area contributed by atoms with E-state index in [-0.39, 0.29) is 0 Å². The van der Waals surface area contributed by atoms with Crippen LogP contribution < -0.4 is 5.32 Å². The van der Waals surface area contributed by atoms with Crippen molar-refractivity contribution in [3.63, 3.8) is 0 Å². The molecule has 0 aromatic rings. The average Bonchev–Trinajstić information content (AvgIpc) is 3.28. The zero-order valence-corrected chi connectivity index (χ0v) is 12.4. The van der Waals surface area contributed by atoms with E-state index in [9.17, 15) is 0 Å². The highest BCUT2D eigenvalue weighted by molar-refractivity contribution is 5.03. The quantitative estimate of drug-likeness (QED) is 0.836. The summed E-state index contributed by atoms with van der Waals surface area (Å²) in [6, 6.07) is 1.81. The molecule has 108 valence electrons. The van der Waals surface area contributed by atoms with Gasteiger partial charge >= 0.3 is 0 Å². The third-order valence-electron chi connectivity index (χ3n) is 5.94. The molecule has 4 fully saturated rings. The summed E-state index contributed by atoms with van der Waals surface area (Å²) in [4.78, 5) is 5.60. The lowest BCUT2D eigenvalue weighted by Crippen LogP contribution is -2.53. The Hall–Kier alpha value is -0.120. The molecule has 3 nitrogen and oxygen atoms in total. The minimum absolute atomic E-state index is 0.406. The molecule has 2 aliphatic carbocycles. The number of nitrogens with one attached hydrogen (secondary N) is 1. The van der Waals surface area contributed by atoms with E-state index in [0.717, 1.165) is 18.0 Å². The summed E-state index contributed by atoms with van der Waals surface area (Å²) in [5.41, 5.74) is 0.406. The first kappa shape index (κ1) is 12.6. The molecule has 4 aliphatic rings. The Bertz CT molecular complexity index is 337. The lowest BCUT2D eigenvalue weighted by molar-refractivity contribution is 0.149. The Labute approximate surface area is 117 Å². The lowest BCUT2D eigenvalue weighted by atomic mass is 9.94. The number of nitrogens with zero attached hydrogens (tertiary/aromatic N) is 2. The minimum Gasteiger partial charge on any atom is -0.310 e. The van der Waals surface area contributed by atoms with Gasteiger partial charge < -0.3 is 5.32 Å². The van der Waals surface area contributed by atoms with Gasteiger partial charge in [-0.1, -0.05) is 0 Å². The Morgan fingerprint density at radius 2 is 1.79 bits per heavy atom. The van der Waals surface area contributed by atoms with Gasteiger partial charge in [0.15, 0.2) is 0 Å². The van der Waals surface area contributed by atoms with Gasteiger partial charge in [-0.2, -0.15) is 0 Å². The van der Waals surface area contributed by atoms with E-state index in [1.165, 1.54) is 71.2 Å². The maximum absolute atomic E-state index is 3.86. The van der Waals surface area contributed by atoms with Crippen molar-refractivity contribution in [2.75, 3.05) is 32.7 Å². The van der Waals surface area contributed by atoms with Gasteiger partial charge in [-0.25, -0.2) is 0 Å². The van der Waals surface area contributed by atoms with E-state index in [1.54, 1.807) is 0 Å². The third-order valence-corrected chi connectivity index (χ3v) is 5.94. The average molecular weight is 263 g/mol. The van der Waals surface area contributed by atoms with Crippen LogP contribution in [0.25, 0.3) is 0 Å². The Morgan fingerprint density at radius 3 is 2.53 bits per heavy atom. The van der Waals surface area contributed by atoms with Crippen LogP contribution in [-0.4, -0.2) is 60.1 Å². The maximum Gasteiger partial charge on any atom is 0.0308 e. The van der Waals surface area contributed by atoms with E-state index >= 15 is 0 Å². The zero-order valence-electron chi connectivity index (χ0n) is 12.4. The fraction of sp³-hybridized carbons (Fsp3) is 1.00. The molecule has 2 saturated carbocycles. The Kier molecular flexibility index (Phi) is 3.13. The molecule has 4 rings (SSSR count). The number of hydrogen-bond donors (Lipinski definition) is 1. The first-order valence-electron chi connectivity index (χ1n) is 8.48. The van der Waals surface area contributed by atoms with Gasteiger partial charge in [0, 0.05) is 37.3 Å². The molecule has 0 aromatic carbocycles. The highest BCUT2D eigenvalue weighted by atomic mass is 15.3. The molecule has 0 amide bonds. The second-order valence-corrected chi connectivity index (χ2v) is 7.61. The molecule has 1 N–H and O–H groups in total. The summed E-state index contributed by atoms with van der Waals surface area (Å²) >= 11 is 0. The van der Waals surface area contributed by atoms with Gasteiger partial charge in [-0.3, -0.25) is 9.80 Å². The molecule has 2 unspecified atom stereocenters. The van der Waals surface area contributed by atoms with Crippen LogP contribution in [0.3, 0.4) is 0 Å². The van der Waals surface area contributed by atoms with Crippen molar-refractivity contribution in [3.05, 3.63) is 0 Å². The van der Waals surface area contributed by atoms with Crippen LogP contribution in [0, 0.1) is 5.92 Å². The molecule has 3 heteroatoms. The summed E-state index contributed by atoms with van der Waals surface area (Å²) in [6.45, 7) is 9.03. The van der Waals surface area contributed by atoms with E-state index in [4.69, 9.17) is 0 Å². The van der Waals surface area contributed by atoms with Gasteiger partial charge in [0.1, 0.15) is 0 Å². The summed E-state index contributed by atoms with van der Waals surface area (Å²) in [6.07, 6.45) is 8.59. The molecule has 19 heavy (non-hydrogen) atoms. The summed E-state index contributed by atoms with van der Waals surface area (Å²) in [5.74, 6) is 0.953. The fourth-order valence-corrected chi connectivity index (χ4v) is 4.36. The molecule has 0 spiro atoms. The van der Waals surface area contributed by atoms with Crippen LogP contribution >= 0.6 is 0 Å². The number of hydrogen-bond acceptors (Lipinski definition) is 3. The largest absolute Gasteiger partial charge is 0.310 e. The van der Waals surface area contributed by atoms with Crippen LogP contribution in [0.1, 0.15) is 45.4 Å². The SMILES string of the molecule is CC1(C2CC2)CN(C2CCN(C3CC3)C2)CCCN1. The lowest BCUT2D eigenvalue weighted by Gasteiger charge is -2.36. The van der Waals surface area contributed by atoms with Gasteiger partial charge in [0.2, 0.25) is 0 Å². The minimum atomic E-state index is 0.406. The summed E-state index contributed by atoms with van der Waals surface area (Å²) in [7, 11) is 0. The van der Waals surface area contributed by atoms with Crippen LogP contribution in [0.5, 0.6) is 0 Å². The molecule has 0 radical (unpaired) electrons. The molecule has 2 saturated heterocycles. The van der Waals surface area contributed by atoms with Crippen molar-refractivity contribution in [2.45, 2.75) is 63.1 Å². The number of likely N-dealkylation sites (tertiary alicyclic amines) is 1. The second-order valence-electron chi connectivity index (χ2n) is 7.61. The third kappa shape index (κ3) is 2.57. The predicted octanol–water partition coefficient (Wildman–Crippen LogP) is 1.69. The van der Waals surface area contributed by atoms with Gasteiger partial charge in [-0.05, 0) is 64.5 Å². The topological polar surface area (TPSA) is 18.5 Å². The zero-order chi connectivity index (χ0) is 12.9.